The van der Waals surface area contributed by atoms with Crippen molar-refractivity contribution < 1.29 is 4.79 Å². The van der Waals surface area contributed by atoms with Crippen molar-refractivity contribution >= 4 is 5.91 Å². The highest BCUT2D eigenvalue weighted by molar-refractivity contribution is 5.73. The number of unbranched alkanes of at least 4 members (excludes halogenated alkanes) is 1. The zero-order chi connectivity index (χ0) is 14.2. The standard InChI is InChI=1S/C17H27NO/c1-2-3-4-5-6-7-8-9-10-11-12-13-14-15-16-17(18)19/h3-4,6-7,9-10,12-13H,2,5,8,11,14-16H2,1H3,(H2,18,19)/b4-3-,7-6-,10-9-,13-12-. The van der Waals surface area contributed by atoms with E-state index in [1.807, 2.05) is 0 Å². The number of nitrogens with two attached hydrogens (primary N) is 1. The molecule has 1 amide bonds. The van der Waals surface area contributed by atoms with Crippen LogP contribution in [0.25, 0.3) is 0 Å². The summed E-state index contributed by atoms with van der Waals surface area (Å²) in [5.41, 5.74) is 5.05. The van der Waals surface area contributed by atoms with Gasteiger partial charge in [0.15, 0.2) is 0 Å². The maximum atomic E-state index is 10.5. The van der Waals surface area contributed by atoms with Crippen molar-refractivity contribution in [2.24, 2.45) is 5.73 Å². The van der Waals surface area contributed by atoms with E-state index in [4.69, 9.17) is 5.73 Å². The van der Waals surface area contributed by atoms with Gasteiger partial charge in [-0.25, -0.2) is 0 Å². The number of hydrogen-bond donors (Lipinski definition) is 1. The summed E-state index contributed by atoms with van der Waals surface area (Å²) in [4.78, 5) is 10.5. The molecule has 2 nitrogen and oxygen atoms in total. The summed E-state index contributed by atoms with van der Waals surface area (Å²) in [5.74, 6) is -0.214. The molecule has 0 spiro atoms. The van der Waals surface area contributed by atoms with Gasteiger partial charge in [-0.2, -0.15) is 0 Å². The fourth-order valence-corrected chi connectivity index (χ4v) is 1.49. The third-order valence-corrected chi connectivity index (χ3v) is 2.51. The SMILES string of the molecule is CC/C=C\C/C=C\C/C=C\C/C=C\CCCC(N)=O. The quantitative estimate of drug-likeness (QED) is 0.433. The van der Waals surface area contributed by atoms with E-state index in [9.17, 15) is 4.79 Å². The fraction of sp³-hybridized carbons (Fsp3) is 0.471. The van der Waals surface area contributed by atoms with Crippen molar-refractivity contribution in [3.63, 3.8) is 0 Å². The van der Waals surface area contributed by atoms with Crippen LogP contribution in [0.2, 0.25) is 0 Å². The molecule has 2 N–H and O–H groups in total. The Morgan fingerprint density at radius 2 is 1.32 bits per heavy atom. The average molecular weight is 261 g/mol. The van der Waals surface area contributed by atoms with E-state index < -0.39 is 0 Å². The first-order chi connectivity index (χ1) is 9.27. The maximum absolute atomic E-state index is 10.5. The molecule has 0 atom stereocenters. The Balaban J connectivity index is 3.40. The molecule has 0 unspecified atom stereocenters. The lowest BCUT2D eigenvalue weighted by Crippen LogP contribution is -2.09. The minimum Gasteiger partial charge on any atom is -0.370 e. The van der Waals surface area contributed by atoms with Gasteiger partial charge in [0.25, 0.3) is 0 Å². The molecule has 0 aliphatic heterocycles. The van der Waals surface area contributed by atoms with Crippen molar-refractivity contribution in [3.05, 3.63) is 48.6 Å². The molecule has 0 heterocycles. The van der Waals surface area contributed by atoms with Crippen LogP contribution in [0, 0.1) is 0 Å². The van der Waals surface area contributed by atoms with Gasteiger partial charge in [0.1, 0.15) is 0 Å². The van der Waals surface area contributed by atoms with Crippen LogP contribution in [-0.2, 0) is 4.79 Å². The third-order valence-electron chi connectivity index (χ3n) is 2.51. The Morgan fingerprint density at radius 1 is 0.842 bits per heavy atom. The molecular formula is C17H27NO. The number of allylic oxidation sites excluding steroid dienone is 8. The number of hydrogen-bond acceptors (Lipinski definition) is 1. The van der Waals surface area contributed by atoms with Gasteiger partial charge in [-0.15, -0.1) is 0 Å². The van der Waals surface area contributed by atoms with Gasteiger partial charge in [-0.05, 0) is 38.5 Å². The number of carbonyl (C=O) groups is 1. The lowest BCUT2D eigenvalue weighted by molar-refractivity contribution is -0.118. The molecule has 0 rings (SSSR count). The zero-order valence-corrected chi connectivity index (χ0v) is 12.1. The normalized spacial score (nSPS) is 12.5. The van der Waals surface area contributed by atoms with E-state index in [1.165, 1.54) is 0 Å². The highest BCUT2D eigenvalue weighted by Crippen LogP contribution is 1.98. The van der Waals surface area contributed by atoms with Crippen LogP contribution in [0.15, 0.2) is 48.6 Å². The van der Waals surface area contributed by atoms with E-state index in [2.05, 4.69) is 55.5 Å². The Labute approximate surface area is 117 Å². The summed E-state index contributed by atoms with van der Waals surface area (Å²) in [6, 6.07) is 0. The smallest absolute Gasteiger partial charge is 0.217 e. The summed E-state index contributed by atoms with van der Waals surface area (Å²) in [6.07, 6.45) is 23.7. The molecule has 0 aliphatic carbocycles. The van der Waals surface area contributed by atoms with E-state index in [0.717, 1.165) is 38.5 Å². The Morgan fingerprint density at radius 3 is 1.79 bits per heavy atom. The van der Waals surface area contributed by atoms with Crippen molar-refractivity contribution in [3.8, 4) is 0 Å². The molecule has 0 saturated heterocycles. The summed E-state index contributed by atoms with van der Waals surface area (Å²) in [7, 11) is 0. The van der Waals surface area contributed by atoms with Crippen LogP contribution in [0.5, 0.6) is 0 Å². The third kappa shape index (κ3) is 16.4. The molecule has 0 bridgehead atoms. The van der Waals surface area contributed by atoms with Gasteiger partial charge in [0.05, 0.1) is 0 Å². The van der Waals surface area contributed by atoms with Crippen LogP contribution in [0.4, 0.5) is 0 Å². The number of amides is 1. The van der Waals surface area contributed by atoms with Crippen molar-refractivity contribution in [1.29, 1.82) is 0 Å². The lowest BCUT2D eigenvalue weighted by Gasteiger charge is -1.90. The molecule has 0 saturated carbocycles. The monoisotopic (exact) mass is 261 g/mol. The number of primary amides is 1. The maximum Gasteiger partial charge on any atom is 0.217 e. The second-order valence-corrected chi connectivity index (χ2v) is 4.36. The molecule has 0 aliphatic rings. The van der Waals surface area contributed by atoms with E-state index in [-0.39, 0.29) is 5.91 Å². The predicted molar refractivity (Wildman–Crippen MR) is 83.7 cm³/mol. The molecule has 19 heavy (non-hydrogen) atoms. The van der Waals surface area contributed by atoms with Crippen LogP contribution < -0.4 is 5.73 Å². The molecule has 0 aromatic rings. The molecule has 0 radical (unpaired) electrons. The second-order valence-electron chi connectivity index (χ2n) is 4.36. The Hall–Kier alpha value is -1.57. The van der Waals surface area contributed by atoms with Gasteiger partial charge in [0.2, 0.25) is 5.91 Å². The van der Waals surface area contributed by atoms with Crippen LogP contribution in [0.3, 0.4) is 0 Å². The predicted octanol–water partition coefficient (Wildman–Crippen LogP) is 4.45. The van der Waals surface area contributed by atoms with Crippen molar-refractivity contribution in [1.82, 2.24) is 0 Å². The van der Waals surface area contributed by atoms with Gasteiger partial charge < -0.3 is 5.73 Å². The number of carbonyl (C=O) groups excluding carboxylic acids is 1. The van der Waals surface area contributed by atoms with Gasteiger partial charge in [-0.3, -0.25) is 4.79 Å². The minimum absolute atomic E-state index is 0.214. The molecule has 0 aromatic carbocycles. The summed E-state index contributed by atoms with van der Waals surface area (Å²) >= 11 is 0. The second kappa shape index (κ2) is 14.5. The molecule has 0 fully saturated rings. The zero-order valence-electron chi connectivity index (χ0n) is 12.1. The minimum atomic E-state index is -0.214. The van der Waals surface area contributed by atoms with Crippen molar-refractivity contribution in [2.45, 2.75) is 51.9 Å². The van der Waals surface area contributed by atoms with Gasteiger partial charge in [-0.1, -0.05) is 55.5 Å². The average Bonchev–Trinajstić information content (AvgIpc) is 2.39. The highest BCUT2D eigenvalue weighted by atomic mass is 16.1. The summed E-state index contributed by atoms with van der Waals surface area (Å²) in [5, 5.41) is 0. The first-order valence-corrected chi connectivity index (χ1v) is 7.15. The lowest BCUT2D eigenvalue weighted by atomic mass is 10.2. The highest BCUT2D eigenvalue weighted by Gasteiger charge is 1.90. The topological polar surface area (TPSA) is 43.1 Å². The molecule has 2 heteroatoms. The van der Waals surface area contributed by atoms with Gasteiger partial charge in [0, 0.05) is 6.42 Å². The number of rotatable bonds is 11. The van der Waals surface area contributed by atoms with Gasteiger partial charge >= 0.3 is 0 Å². The summed E-state index contributed by atoms with van der Waals surface area (Å²) < 4.78 is 0. The van der Waals surface area contributed by atoms with E-state index in [0.29, 0.717) is 6.42 Å². The summed E-state index contributed by atoms with van der Waals surface area (Å²) in [6.45, 7) is 2.14. The van der Waals surface area contributed by atoms with E-state index >= 15 is 0 Å². The molecule has 106 valence electrons. The van der Waals surface area contributed by atoms with Crippen LogP contribution in [0.1, 0.15) is 51.9 Å². The fourth-order valence-electron chi connectivity index (χ4n) is 1.49. The van der Waals surface area contributed by atoms with Crippen molar-refractivity contribution in [2.75, 3.05) is 0 Å². The van der Waals surface area contributed by atoms with Crippen LogP contribution in [-0.4, -0.2) is 5.91 Å². The van der Waals surface area contributed by atoms with Crippen LogP contribution >= 0.6 is 0 Å². The molecule has 0 aromatic heterocycles. The molecular weight excluding hydrogens is 234 g/mol. The first kappa shape index (κ1) is 17.4. The first-order valence-electron chi connectivity index (χ1n) is 7.15. The Bertz CT molecular complexity index is 324. The largest absolute Gasteiger partial charge is 0.370 e. The van der Waals surface area contributed by atoms with E-state index in [1.54, 1.807) is 0 Å². The Kier molecular flexibility index (Phi) is 13.3.